The lowest BCUT2D eigenvalue weighted by atomic mass is 9.96. The molecule has 5 heteroatoms. The first-order chi connectivity index (χ1) is 10.6. The molecule has 0 aromatic carbocycles. The largest absolute Gasteiger partial charge is 0.353 e. The van der Waals surface area contributed by atoms with Gasteiger partial charge in [-0.3, -0.25) is 9.59 Å². The summed E-state index contributed by atoms with van der Waals surface area (Å²) in [6.07, 6.45) is 6.49. The maximum absolute atomic E-state index is 12.3. The number of carbonyl (C=O) groups excluding carboxylic acids is 2. The van der Waals surface area contributed by atoms with Gasteiger partial charge in [0.05, 0.1) is 12.5 Å². The molecule has 2 amide bonds. The summed E-state index contributed by atoms with van der Waals surface area (Å²) in [6.45, 7) is 6.91. The van der Waals surface area contributed by atoms with Crippen LogP contribution in [0, 0.1) is 11.8 Å². The highest BCUT2D eigenvalue weighted by atomic mass is 16.2. The van der Waals surface area contributed by atoms with Crippen LogP contribution in [0.3, 0.4) is 0 Å². The zero-order valence-corrected chi connectivity index (χ0v) is 14.1. The zero-order chi connectivity index (χ0) is 15.9. The second kappa shape index (κ2) is 8.51. The molecule has 0 radical (unpaired) electrons. The molecule has 0 aromatic rings. The van der Waals surface area contributed by atoms with E-state index in [1.807, 2.05) is 4.90 Å². The Hall–Kier alpha value is -1.10. The Bertz CT molecular complexity index is 382. The summed E-state index contributed by atoms with van der Waals surface area (Å²) < 4.78 is 0. The van der Waals surface area contributed by atoms with Gasteiger partial charge in [0.2, 0.25) is 11.8 Å². The minimum Gasteiger partial charge on any atom is -0.353 e. The quantitative estimate of drug-likeness (QED) is 0.715. The Morgan fingerprint density at radius 2 is 2.05 bits per heavy atom. The summed E-state index contributed by atoms with van der Waals surface area (Å²) in [4.78, 5) is 26.4. The SMILES string of the molecule is CCCC(C)NC(=O)C1CCCN(C(=O)CNCC2CC2)C1. The summed E-state index contributed by atoms with van der Waals surface area (Å²) >= 11 is 0. The van der Waals surface area contributed by atoms with Crippen molar-refractivity contribution < 1.29 is 9.59 Å². The molecule has 5 nitrogen and oxygen atoms in total. The molecule has 2 unspecified atom stereocenters. The first-order valence-electron chi connectivity index (χ1n) is 8.89. The van der Waals surface area contributed by atoms with Gasteiger partial charge in [0.1, 0.15) is 0 Å². The summed E-state index contributed by atoms with van der Waals surface area (Å²) in [5, 5.41) is 6.33. The van der Waals surface area contributed by atoms with Crippen molar-refractivity contribution in [2.45, 2.75) is 58.4 Å². The molecule has 0 bridgehead atoms. The first kappa shape index (κ1) is 17.3. The molecule has 2 N–H and O–H groups in total. The van der Waals surface area contributed by atoms with E-state index in [9.17, 15) is 9.59 Å². The average Bonchev–Trinajstić information content (AvgIpc) is 3.31. The number of hydrogen-bond donors (Lipinski definition) is 2. The van der Waals surface area contributed by atoms with Crippen LogP contribution >= 0.6 is 0 Å². The van der Waals surface area contributed by atoms with Gasteiger partial charge in [-0.2, -0.15) is 0 Å². The third-order valence-electron chi connectivity index (χ3n) is 4.66. The first-order valence-corrected chi connectivity index (χ1v) is 8.89. The molecule has 0 aromatic heterocycles. The topological polar surface area (TPSA) is 61.4 Å². The molecule has 1 aliphatic heterocycles. The van der Waals surface area contributed by atoms with E-state index in [0.717, 1.165) is 44.7 Å². The Morgan fingerprint density at radius 1 is 1.27 bits per heavy atom. The molecule has 22 heavy (non-hydrogen) atoms. The van der Waals surface area contributed by atoms with Crippen LogP contribution in [0.5, 0.6) is 0 Å². The predicted molar refractivity (Wildman–Crippen MR) is 87.4 cm³/mol. The van der Waals surface area contributed by atoms with Crippen LogP contribution in [0.25, 0.3) is 0 Å². The predicted octanol–water partition coefficient (Wildman–Crippen LogP) is 1.53. The Balaban J connectivity index is 1.72. The van der Waals surface area contributed by atoms with Crippen molar-refractivity contribution in [1.82, 2.24) is 15.5 Å². The molecule has 126 valence electrons. The molecular weight excluding hydrogens is 278 g/mol. The van der Waals surface area contributed by atoms with E-state index in [1.165, 1.54) is 12.8 Å². The lowest BCUT2D eigenvalue weighted by molar-refractivity contribution is -0.135. The fourth-order valence-corrected chi connectivity index (χ4v) is 3.10. The average molecular weight is 309 g/mol. The lowest BCUT2D eigenvalue weighted by Crippen LogP contribution is -2.49. The van der Waals surface area contributed by atoms with Crippen molar-refractivity contribution in [2.75, 3.05) is 26.2 Å². The van der Waals surface area contributed by atoms with Gasteiger partial charge in [0.15, 0.2) is 0 Å². The Labute approximate surface area is 134 Å². The van der Waals surface area contributed by atoms with Gasteiger partial charge in [0, 0.05) is 19.1 Å². The van der Waals surface area contributed by atoms with E-state index in [2.05, 4.69) is 24.5 Å². The van der Waals surface area contributed by atoms with E-state index < -0.39 is 0 Å². The number of nitrogens with one attached hydrogen (secondary N) is 2. The summed E-state index contributed by atoms with van der Waals surface area (Å²) in [6, 6.07) is 0.226. The number of rotatable bonds is 8. The van der Waals surface area contributed by atoms with Crippen LogP contribution in [0.1, 0.15) is 52.4 Å². The van der Waals surface area contributed by atoms with Crippen molar-refractivity contribution in [3.8, 4) is 0 Å². The van der Waals surface area contributed by atoms with Gasteiger partial charge in [0.25, 0.3) is 0 Å². The van der Waals surface area contributed by atoms with Crippen LogP contribution in [0.4, 0.5) is 0 Å². The number of hydrogen-bond acceptors (Lipinski definition) is 3. The fraction of sp³-hybridized carbons (Fsp3) is 0.882. The van der Waals surface area contributed by atoms with Gasteiger partial charge >= 0.3 is 0 Å². The van der Waals surface area contributed by atoms with Crippen molar-refractivity contribution >= 4 is 11.8 Å². The van der Waals surface area contributed by atoms with Gasteiger partial charge in [-0.1, -0.05) is 13.3 Å². The van der Waals surface area contributed by atoms with Crippen LogP contribution in [0.15, 0.2) is 0 Å². The lowest BCUT2D eigenvalue weighted by Gasteiger charge is -2.32. The zero-order valence-electron chi connectivity index (χ0n) is 14.1. The normalized spacial score (nSPS) is 23.2. The van der Waals surface area contributed by atoms with Gasteiger partial charge in [-0.25, -0.2) is 0 Å². The van der Waals surface area contributed by atoms with Crippen LogP contribution in [0.2, 0.25) is 0 Å². The molecule has 2 aliphatic rings. The molecule has 1 heterocycles. The number of nitrogens with zero attached hydrogens (tertiary/aromatic N) is 1. The molecule has 2 fully saturated rings. The van der Waals surface area contributed by atoms with E-state index >= 15 is 0 Å². The van der Waals surface area contributed by atoms with E-state index in [-0.39, 0.29) is 23.8 Å². The summed E-state index contributed by atoms with van der Waals surface area (Å²) in [7, 11) is 0. The second-order valence-corrected chi connectivity index (χ2v) is 6.95. The Kier molecular flexibility index (Phi) is 6.68. The highest BCUT2D eigenvalue weighted by Gasteiger charge is 2.29. The highest BCUT2D eigenvalue weighted by molar-refractivity contribution is 5.82. The molecule has 2 rings (SSSR count). The molecule has 1 saturated carbocycles. The number of amides is 2. The second-order valence-electron chi connectivity index (χ2n) is 6.95. The minimum absolute atomic E-state index is 0.0413. The van der Waals surface area contributed by atoms with Crippen molar-refractivity contribution in [3.05, 3.63) is 0 Å². The van der Waals surface area contributed by atoms with Crippen molar-refractivity contribution in [1.29, 1.82) is 0 Å². The smallest absolute Gasteiger partial charge is 0.236 e. The van der Waals surface area contributed by atoms with Gasteiger partial charge in [-0.05, 0) is 51.5 Å². The summed E-state index contributed by atoms with van der Waals surface area (Å²) in [5.74, 6) is 0.998. The van der Waals surface area contributed by atoms with Gasteiger partial charge in [-0.15, -0.1) is 0 Å². The molecule has 1 aliphatic carbocycles. The number of likely N-dealkylation sites (tertiary alicyclic amines) is 1. The maximum Gasteiger partial charge on any atom is 0.236 e. The van der Waals surface area contributed by atoms with Crippen molar-refractivity contribution in [2.24, 2.45) is 11.8 Å². The van der Waals surface area contributed by atoms with E-state index in [1.54, 1.807) is 0 Å². The molecule has 1 saturated heterocycles. The van der Waals surface area contributed by atoms with Crippen LogP contribution in [-0.2, 0) is 9.59 Å². The van der Waals surface area contributed by atoms with E-state index in [4.69, 9.17) is 0 Å². The molecule has 0 spiro atoms. The number of piperidine rings is 1. The maximum atomic E-state index is 12.3. The number of carbonyl (C=O) groups is 2. The molecular formula is C17H31N3O2. The standard InChI is InChI=1S/C17H31N3O2/c1-3-5-13(2)19-17(22)15-6-4-9-20(12-15)16(21)11-18-10-14-7-8-14/h13-15,18H,3-12H2,1-2H3,(H,19,22). The minimum atomic E-state index is -0.0413. The Morgan fingerprint density at radius 3 is 2.73 bits per heavy atom. The van der Waals surface area contributed by atoms with E-state index in [0.29, 0.717) is 13.1 Å². The van der Waals surface area contributed by atoms with Crippen LogP contribution in [-0.4, -0.2) is 48.9 Å². The molecule has 2 atom stereocenters. The third-order valence-corrected chi connectivity index (χ3v) is 4.66. The monoisotopic (exact) mass is 309 g/mol. The third kappa shape index (κ3) is 5.59. The highest BCUT2D eigenvalue weighted by Crippen LogP contribution is 2.27. The van der Waals surface area contributed by atoms with Crippen LogP contribution < -0.4 is 10.6 Å². The fourth-order valence-electron chi connectivity index (χ4n) is 3.10. The van der Waals surface area contributed by atoms with Gasteiger partial charge < -0.3 is 15.5 Å². The summed E-state index contributed by atoms with van der Waals surface area (Å²) in [5.41, 5.74) is 0. The van der Waals surface area contributed by atoms with Crippen molar-refractivity contribution in [3.63, 3.8) is 0 Å².